The molecular formula is C18H23N3O2S. The van der Waals surface area contributed by atoms with Crippen LogP contribution in [0.4, 0.5) is 0 Å². The van der Waals surface area contributed by atoms with Gasteiger partial charge >= 0.3 is 0 Å². The minimum absolute atomic E-state index is 0.0212. The van der Waals surface area contributed by atoms with E-state index < -0.39 is 0 Å². The molecule has 5 nitrogen and oxygen atoms in total. The molecule has 1 amide bonds. The van der Waals surface area contributed by atoms with Gasteiger partial charge in [-0.1, -0.05) is 13.0 Å². The van der Waals surface area contributed by atoms with Crippen molar-refractivity contribution in [2.45, 2.75) is 58.5 Å². The maximum absolute atomic E-state index is 12.3. The second kappa shape index (κ2) is 7.30. The summed E-state index contributed by atoms with van der Waals surface area (Å²) in [6, 6.07) is 3.72. The molecule has 2 heterocycles. The van der Waals surface area contributed by atoms with Gasteiger partial charge < -0.3 is 9.88 Å². The van der Waals surface area contributed by atoms with Crippen LogP contribution in [0.2, 0.25) is 0 Å². The van der Waals surface area contributed by atoms with Gasteiger partial charge in [0.15, 0.2) is 0 Å². The lowest BCUT2D eigenvalue weighted by Crippen LogP contribution is -2.40. The fraction of sp³-hybridized carbons (Fsp3) is 0.500. The molecule has 0 aromatic carbocycles. The van der Waals surface area contributed by atoms with E-state index in [4.69, 9.17) is 0 Å². The summed E-state index contributed by atoms with van der Waals surface area (Å²) in [4.78, 5) is 28.6. The van der Waals surface area contributed by atoms with E-state index in [1.807, 2.05) is 29.9 Å². The summed E-state index contributed by atoms with van der Waals surface area (Å²) >= 11 is 1.60. The SMILES string of the molecule is CCCC(=O)N[C@H]1CCc2c(ccc(=O)n2Cc2csc(C)n2)C1. The van der Waals surface area contributed by atoms with Gasteiger partial charge in [0.2, 0.25) is 5.91 Å². The first-order valence-corrected chi connectivity index (χ1v) is 9.36. The summed E-state index contributed by atoms with van der Waals surface area (Å²) in [6.45, 7) is 4.51. The maximum Gasteiger partial charge on any atom is 0.251 e. The van der Waals surface area contributed by atoms with E-state index in [1.54, 1.807) is 17.4 Å². The van der Waals surface area contributed by atoms with Crippen LogP contribution < -0.4 is 10.9 Å². The Morgan fingerprint density at radius 2 is 2.29 bits per heavy atom. The summed E-state index contributed by atoms with van der Waals surface area (Å²) < 4.78 is 1.84. The summed E-state index contributed by atoms with van der Waals surface area (Å²) in [7, 11) is 0. The van der Waals surface area contributed by atoms with E-state index >= 15 is 0 Å². The Bertz CT molecular complexity index is 794. The van der Waals surface area contributed by atoms with Gasteiger partial charge in [-0.3, -0.25) is 9.59 Å². The molecule has 0 fully saturated rings. The van der Waals surface area contributed by atoms with Crippen LogP contribution in [0.15, 0.2) is 22.3 Å². The van der Waals surface area contributed by atoms with Gasteiger partial charge in [0.1, 0.15) is 0 Å². The molecule has 128 valence electrons. The van der Waals surface area contributed by atoms with E-state index in [-0.39, 0.29) is 17.5 Å². The number of hydrogen-bond acceptors (Lipinski definition) is 4. The number of thiazole rings is 1. The first-order valence-electron chi connectivity index (χ1n) is 8.48. The minimum Gasteiger partial charge on any atom is -0.353 e. The van der Waals surface area contributed by atoms with Crippen molar-refractivity contribution in [3.63, 3.8) is 0 Å². The molecular weight excluding hydrogens is 322 g/mol. The second-order valence-corrected chi connectivity index (χ2v) is 7.41. The van der Waals surface area contributed by atoms with E-state index in [0.717, 1.165) is 47.6 Å². The molecule has 3 rings (SSSR count). The number of aryl methyl sites for hydroxylation is 1. The molecule has 0 bridgehead atoms. The third kappa shape index (κ3) is 3.75. The Morgan fingerprint density at radius 3 is 3.00 bits per heavy atom. The van der Waals surface area contributed by atoms with Gasteiger partial charge in [0.25, 0.3) is 5.56 Å². The smallest absolute Gasteiger partial charge is 0.251 e. The van der Waals surface area contributed by atoms with Crippen molar-refractivity contribution in [2.75, 3.05) is 0 Å². The molecule has 0 saturated heterocycles. The van der Waals surface area contributed by atoms with Crippen LogP contribution in [0.5, 0.6) is 0 Å². The molecule has 1 aliphatic carbocycles. The number of carbonyl (C=O) groups is 1. The lowest BCUT2D eigenvalue weighted by atomic mass is 9.91. The van der Waals surface area contributed by atoms with Gasteiger partial charge in [-0.25, -0.2) is 4.98 Å². The van der Waals surface area contributed by atoms with Gasteiger partial charge in [-0.2, -0.15) is 0 Å². The Kier molecular flexibility index (Phi) is 5.14. The lowest BCUT2D eigenvalue weighted by molar-refractivity contribution is -0.121. The predicted octanol–water partition coefficient (Wildman–Crippen LogP) is 2.44. The fourth-order valence-corrected chi connectivity index (χ4v) is 3.89. The van der Waals surface area contributed by atoms with Crippen molar-refractivity contribution in [3.05, 3.63) is 49.8 Å². The second-order valence-electron chi connectivity index (χ2n) is 6.34. The van der Waals surface area contributed by atoms with Gasteiger partial charge in [-0.05, 0) is 38.2 Å². The summed E-state index contributed by atoms with van der Waals surface area (Å²) in [5.41, 5.74) is 3.21. The molecule has 0 unspecified atom stereocenters. The third-order valence-corrected chi connectivity index (χ3v) is 5.24. The number of hydrogen-bond donors (Lipinski definition) is 1. The Labute approximate surface area is 145 Å². The largest absolute Gasteiger partial charge is 0.353 e. The number of nitrogens with zero attached hydrogens (tertiary/aromatic N) is 2. The number of amides is 1. The van der Waals surface area contributed by atoms with E-state index in [1.165, 1.54) is 0 Å². The van der Waals surface area contributed by atoms with Crippen molar-refractivity contribution >= 4 is 17.2 Å². The normalized spacial score (nSPS) is 16.7. The van der Waals surface area contributed by atoms with Gasteiger partial charge in [0.05, 0.1) is 17.2 Å². The van der Waals surface area contributed by atoms with Crippen molar-refractivity contribution in [2.24, 2.45) is 0 Å². The molecule has 0 radical (unpaired) electrons. The first kappa shape index (κ1) is 16.9. The monoisotopic (exact) mass is 345 g/mol. The zero-order chi connectivity index (χ0) is 17.1. The highest BCUT2D eigenvalue weighted by atomic mass is 32.1. The quantitative estimate of drug-likeness (QED) is 0.905. The highest BCUT2D eigenvalue weighted by Crippen LogP contribution is 2.21. The molecule has 0 spiro atoms. The molecule has 1 aliphatic rings. The molecule has 2 aromatic heterocycles. The Balaban J connectivity index is 1.79. The Hall–Kier alpha value is -1.95. The fourth-order valence-electron chi connectivity index (χ4n) is 3.29. The topological polar surface area (TPSA) is 64.0 Å². The number of carbonyl (C=O) groups excluding carboxylic acids is 1. The van der Waals surface area contributed by atoms with Crippen molar-refractivity contribution in [1.29, 1.82) is 0 Å². The van der Waals surface area contributed by atoms with Crippen LogP contribution >= 0.6 is 11.3 Å². The molecule has 24 heavy (non-hydrogen) atoms. The predicted molar refractivity (Wildman–Crippen MR) is 95.5 cm³/mol. The number of aromatic nitrogens is 2. The van der Waals surface area contributed by atoms with Crippen LogP contribution in [0.25, 0.3) is 0 Å². The molecule has 6 heteroatoms. The van der Waals surface area contributed by atoms with Crippen molar-refractivity contribution < 1.29 is 4.79 Å². The van der Waals surface area contributed by atoms with E-state index in [2.05, 4.69) is 10.3 Å². The Morgan fingerprint density at radius 1 is 1.46 bits per heavy atom. The van der Waals surface area contributed by atoms with Gasteiger partial charge in [-0.15, -0.1) is 11.3 Å². The third-order valence-electron chi connectivity index (χ3n) is 4.41. The maximum atomic E-state index is 12.3. The number of pyridine rings is 1. The average molecular weight is 345 g/mol. The zero-order valence-electron chi connectivity index (χ0n) is 14.2. The van der Waals surface area contributed by atoms with Crippen LogP contribution in [0.1, 0.15) is 48.1 Å². The van der Waals surface area contributed by atoms with Crippen LogP contribution in [0.3, 0.4) is 0 Å². The van der Waals surface area contributed by atoms with Gasteiger partial charge in [0, 0.05) is 29.6 Å². The van der Waals surface area contributed by atoms with Crippen LogP contribution in [0, 0.1) is 6.92 Å². The van der Waals surface area contributed by atoms with E-state index in [9.17, 15) is 9.59 Å². The minimum atomic E-state index is 0.0212. The van der Waals surface area contributed by atoms with Crippen LogP contribution in [-0.4, -0.2) is 21.5 Å². The summed E-state index contributed by atoms with van der Waals surface area (Å²) in [6.07, 6.45) is 3.92. The number of nitrogens with one attached hydrogen (secondary N) is 1. The summed E-state index contributed by atoms with van der Waals surface area (Å²) in [5.74, 6) is 0.122. The highest BCUT2D eigenvalue weighted by Gasteiger charge is 2.23. The summed E-state index contributed by atoms with van der Waals surface area (Å²) in [5, 5.41) is 6.14. The molecule has 1 N–H and O–H groups in total. The average Bonchev–Trinajstić information content (AvgIpc) is 2.95. The molecule has 0 aliphatic heterocycles. The molecule has 2 aromatic rings. The first-order chi connectivity index (χ1) is 11.6. The van der Waals surface area contributed by atoms with Crippen molar-refractivity contribution in [1.82, 2.24) is 14.9 Å². The molecule has 1 atom stereocenters. The standard InChI is InChI=1S/C18H23N3O2S/c1-3-4-17(22)20-14-6-7-16-13(9-14)5-8-18(23)21(16)10-15-11-24-12(2)19-15/h5,8,11,14H,3-4,6-7,9-10H2,1-2H3,(H,20,22)/t14-/m0/s1. The van der Waals surface area contributed by atoms with Crippen LogP contribution in [-0.2, 0) is 24.2 Å². The number of fused-ring (bicyclic) bond motifs is 1. The molecule has 0 saturated carbocycles. The number of rotatable bonds is 5. The van der Waals surface area contributed by atoms with Crippen molar-refractivity contribution in [3.8, 4) is 0 Å². The highest BCUT2D eigenvalue weighted by molar-refractivity contribution is 7.09. The zero-order valence-corrected chi connectivity index (χ0v) is 15.0. The van der Waals surface area contributed by atoms with E-state index in [0.29, 0.717) is 13.0 Å². The lowest BCUT2D eigenvalue weighted by Gasteiger charge is -2.27.